The number of nitrogens with zero attached hydrogens (tertiary/aromatic N) is 1. The highest BCUT2D eigenvalue weighted by Crippen LogP contribution is 2.09. The van der Waals surface area contributed by atoms with E-state index in [0.29, 0.717) is 6.54 Å². The minimum absolute atomic E-state index is 0.0100. The number of carboxylic acids is 1. The number of hydrogen-bond acceptors (Lipinski definition) is 2. The first-order chi connectivity index (χ1) is 8.95. The molecular formula is C15H19NO3. The van der Waals surface area contributed by atoms with Crippen LogP contribution in [0.3, 0.4) is 0 Å². The van der Waals surface area contributed by atoms with E-state index >= 15 is 0 Å². The Bertz CT molecular complexity index is 489. The van der Waals surface area contributed by atoms with Crippen LogP contribution >= 0.6 is 0 Å². The van der Waals surface area contributed by atoms with Crippen molar-refractivity contribution in [2.24, 2.45) is 0 Å². The van der Waals surface area contributed by atoms with E-state index in [0.717, 1.165) is 17.6 Å². The number of aromatic carboxylic acids is 1. The summed E-state index contributed by atoms with van der Waals surface area (Å²) in [6.45, 7) is 4.25. The minimum atomic E-state index is -0.947. The smallest absolute Gasteiger partial charge is 0.335 e. The molecule has 0 atom stereocenters. The van der Waals surface area contributed by atoms with Gasteiger partial charge in [0.1, 0.15) is 0 Å². The molecule has 4 nitrogen and oxygen atoms in total. The Labute approximate surface area is 113 Å². The standard InChI is InChI=1S/C15H19NO3/c1-4-5-11(2)14(17)16(3)10-12-6-8-13(9-7-12)15(18)19/h5-9H,4,10H2,1-3H3,(H,18,19)/b11-5+. The molecule has 0 radical (unpaired) electrons. The van der Waals surface area contributed by atoms with Gasteiger partial charge in [0.05, 0.1) is 5.56 Å². The Morgan fingerprint density at radius 2 is 1.84 bits per heavy atom. The summed E-state index contributed by atoms with van der Waals surface area (Å²) in [4.78, 5) is 24.3. The average Bonchev–Trinajstić information content (AvgIpc) is 2.38. The van der Waals surface area contributed by atoms with E-state index in [1.807, 2.05) is 13.0 Å². The fourth-order valence-electron chi connectivity index (χ4n) is 1.79. The third-order valence-corrected chi connectivity index (χ3v) is 2.81. The SMILES string of the molecule is CC/C=C(\C)C(=O)N(C)Cc1ccc(C(=O)O)cc1. The molecule has 1 aromatic rings. The van der Waals surface area contributed by atoms with E-state index < -0.39 is 5.97 Å². The molecule has 1 amide bonds. The van der Waals surface area contributed by atoms with Crippen molar-refractivity contribution in [3.05, 3.63) is 47.0 Å². The maximum absolute atomic E-state index is 12.0. The van der Waals surface area contributed by atoms with Crippen molar-refractivity contribution < 1.29 is 14.7 Å². The quantitative estimate of drug-likeness (QED) is 0.829. The highest BCUT2D eigenvalue weighted by molar-refractivity contribution is 5.92. The van der Waals surface area contributed by atoms with Crippen LogP contribution in [0.25, 0.3) is 0 Å². The molecule has 19 heavy (non-hydrogen) atoms. The lowest BCUT2D eigenvalue weighted by atomic mass is 10.1. The summed E-state index contributed by atoms with van der Waals surface area (Å²) in [5, 5.41) is 8.81. The number of likely N-dealkylation sites (N-methyl/N-ethyl adjacent to an activating group) is 1. The first-order valence-electron chi connectivity index (χ1n) is 6.20. The number of hydrogen-bond donors (Lipinski definition) is 1. The second-order valence-electron chi connectivity index (χ2n) is 4.46. The number of carbonyl (C=O) groups excluding carboxylic acids is 1. The zero-order valence-corrected chi connectivity index (χ0v) is 11.5. The third kappa shape index (κ3) is 4.25. The molecule has 0 spiro atoms. The van der Waals surface area contributed by atoms with Gasteiger partial charge in [0, 0.05) is 19.2 Å². The molecule has 1 rings (SSSR count). The predicted octanol–water partition coefficient (Wildman–Crippen LogP) is 2.70. The van der Waals surface area contributed by atoms with Crippen molar-refractivity contribution in [2.75, 3.05) is 7.05 Å². The fourth-order valence-corrected chi connectivity index (χ4v) is 1.79. The van der Waals surface area contributed by atoms with Gasteiger partial charge in [-0.2, -0.15) is 0 Å². The van der Waals surface area contributed by atoms with Gasteiger partial charge in [-0.25, -0.2) is 4.79 Å². The highest BCUT2D eigenvalue weighted by Gasteiger charge is 2.11. The molecule has 0 bridgehead atoms. The van der Waals surface area contributed by atoms with Crippen LogP contribution in [0.2, 0.25) is 0 Å². The van der Waals surface area contributed by atoms with Gasteiger partial charge in [0.2, 0.25) is 5.91 Å². The lowest BCUT2D eigenvalue weighted by molar-refractivity contribution is -0.126. The molecule has 0 aliphatic carbocycles. The average molecular weight is 261 g/mol. The molecule has 0 saturated carbocycles. The number of carboxylic acid groups (broad SMARTS) is 1. The topological polar surface area (TPSA) is 57.6 Å². The first-order valence-corrected chi connectivity index (χ1v) is 6.20. The summed E-state index contributed by atoms with van der Waals surface area (Å²) in [7, 11) is 1.74. The number of allylic oxidation sites excluding steroid dienone is 1. The molecule has 0 unspecified atom stereocenters. The van der Waals surface area contributed by atoms with Gasteiger partial charge in [-0.05, 0) is 31.0 Å². The van der Waals surface area contributed by atoms with Gasteiger partial charge >= 0.3 is 5.97 Å². The second kappa shape index (κ2) is 6.73. The molecule has 0 aromatic heterocycles. The lowest BCUT2D eigenvalue weighted by Gasteiger charge is -2.17. The van der Waals surface area contributed by atoms with Crippen LogP contribution < -0.4 is 0 Å². The lowest BCUT2D eigenvalue weighted by Crippen LogP contribution is -2.26. The van der Waals surface area contributed by atoms with Crippen molar-refractivity contribution in [1.82, 2.24) is 4.90 Å². The van der Waals surface area contributed by atoms with Gasteiger partial charge < -0.3 is 10.0 Å². The van der Waals surface area contributed by atoms with E-state index in [-0.39, 0.29) is 11.5 Å². The molecule has 0 aliphatic heterocycles. The van der Waals surface area contributed by atoms with E-state index in [1.165, 1.54) is 0 Å². The number of carbonyl (C=O) groups is 2. The molecule has 0 fully saturated rings. The van der Waals surface area contributed by atoms with Crippen molar-refractivity contribution in [3.63, 3.8) is 0 Å². The highest BCUT2D eigenvalue weighted by atomic mass is 16.4. The van der Waals surface area contributed by atoms with Crippen molar-refractivity contribution in [3.8, 4) is 0 Å². The van der Waals surface area contributed by atoms with Crippen LogP contribution in [0.5, 0.6) is 0 Å². The molecule has 0 heterocycles. The second-order valence-corrected chi connectivity index (χ2v) is 4.46. The van der Waals surface area contributed by atoms with Crippen molar-refractivity contribution in [1.29, 1.82) is 0 Å². The fraction of sp³-hybridized carbons (Fsp3) is 0.333. The molecule has 1 aromatic carbocycles. The van der Waals surface area contributed by atoms with Crippen LogP contribution in [-0.2, 0) is 11.3 Å². The molecule has 4 heteroatoms. The summed E-state index contributed by atoms with van der Waals surface area (Å²) in [6.07, 6.45) is 2.73. The van der Waals surface area contributed by atoms with E-state index in [1.54, 1.807) is 43.1 Å². The van der Waals surface area contributed by atoms with Gasteiger partial charge in [0.15, 0.2) is 0 Å². The number of benzene rings is 1. The van der Waals surface area contributed by atoms with Crippen LogP contribution in [0.4, 0.5) is 0 Å². The van der Waals surface area contributed by atoms with E-state index in [4.69, 9.17) is 5.11 Å². The summed E-state index contributed by atoms with van der Waals surface area (Å²) in [5.74, 6) is -0.957. The molecular weight excluding hydrogens is 242 g/mol. The zero-order valence-electron chi connectivity index (χ0n) is 11.5. The number of rotatable bonds is 5. The third-order valence-electron chi connectivity index (χ3n) is 2.81. The number of amides is 1. The molecule has 102 valence electrons. The molecule has 0 saturated heterocycles. The Kier molecular flexibility index (Phi) is 5.30. The predicted molar refractivity (Wildman–Crippen MR) is 73.9 cm³/mol. The van der Waals surface area contributed by atoms with E-state index in [9.17, 15) is 9.59 Å². The minimum Gasteiger partial charge on any atom is -0.478 e. The van der Waals surface area contributed by atoms with Gasteiger partial charge in [-0.1, -0.05) is 25.1 Å². The van der Waals surface area contributed by atoms with Crippen molar-refractivity contribution >= 4 is 11.9 Å². The van der Waals surface area contributed by atoms with Gasteiger partial charge in [0.25, 0.3) is 0 Å². The Morgan fingerprint density at radius 3 is 2.32 bits per heavy atom. The van der Waals surface area contributed by atoms with Crippen molar-refractivity contribution in [2.45, 2.75) is 26.8 Å². The Balaban J connectivity index is 2.71. The van der Waals surface area contributed by atoms with Crippen LogP contribution in [-0.4, -0.2) is 28.9 Å². The Hall–Kier alpha value is -2.10. The van der Waals surface area contributed by atoms with Crippen LogP contribution in [0, 0.1) is 0 Å². The Morgan fingerprint density at radius 1 is 1.26 bits per heavy atom. The molecule has 0 aliphatic rings. The van der Waals surface area contributed by atoms with Crippen LogP contribution in [0.15, 0.2) is 35.9 Å². The summed E-state index contributed by atoms with van der Waals surface area (Å²) < 4.78 is 0. The maximum atomic E-state index is 12.0. The van der Waals surface area contributed by atoms with Gasteiger partial charge in [-0.15, -0.1) is 0 Å². The normalized spacial score (nSPS) is 11.2. The summed E-state index contributed by atoms with van der Waals surface area (Å²) in [6, 6.07) is 6.55. The van der Waals surface area contributed by atoms with Crippen LogP contribution in [0.1, 0.15) is 36.2 Å². The first kappa shape index (κ1) is 15.0. The van der Waals surface area contributed by atoms with E-state index in [2.05, 4.69) is 0 Å². The van der Waals surface area contributed by atoms with Gasteiger partial charge in [-0.3, -0.25) is 4.79 Å². The zero-order chi connectivity index (χ0) is 14.4. The summed E-state index contributed by atoms with van der Waals surface area (Å²) in [5.41, 5.74) is 1.89. The largest absolute Gasteiger partial charge is 0.478 e. The maximum Gasteiger partial charge on any atom is 0.335 e. The summed E-state index contributed by atoms with van der Waals surface area (Å²) >= 11 is 0. The monoisotopic (exact) mass is 261 g/mol. The molecule has 1 N–H and O–H groups in total.